The van der Waals surface area contributed by atoms with Gasteiger partial charge < -0.3 is 40.3 Å². The van der Waals surface area contributed by atoms with E-state index in [-0.39, 0.29) is 12.5 Å². The molecule has 9 nitrogen and oxygen atoms in total. The highest BCUT2D eigenvalue weighted by atomic mass is 16.7. The van der Waals surface area contributed by atoms with Gasteiger partial charge in [0.25, 0.3) is 0 Å². The zero-order chi connectivity index (χ0) is 33.8. The zero-order valence-corrected chi connectivity index (χ0v) is 28.8. The van der Waals surface area contributed by atoms with Crippen molar-refractivity contribution in [1.82, 2.24) is 5.32 Å². The first-order valence-electron chi connectivity index (χ1n) is 18.2. The molecular weight excluding hydrogens is 586 g/mol. The largest absolute Gasteiger partial charge is 0.394 e. The van der Waals surface area contributed by atoms with Crippen LogP contribution in [0.5, 0.6) is 0 Å². The van der Waals surface area contributed by atoms with Crippen LogP contribution in [0.4, 0.5) is 0 Å². The molecule has 46 heavy (non-hydrogen) atoms. The number of rotatable bonds is 28. The summed E-state index contributed by atoms with van der Waals surface area (Å²) in [4.78, 5) is 12.8. The van der Waals surface area contributed by atoms with Crippen LogP contribution in [0.25, 0.3) is 0 Å². The van der Waals surface area contributed by atoms with Gasteiger partial charge in [0.15, 0.2) is 6.29 Å². The van der Waals surface area contributed by atoms with Crippen LogP contribution >= 0.6 is 0 Å². The highest BCUT2D eigenvalue weighted by Crippen LogP contribution is 2.22. The van der Waals surface area contributed by atoms with Crippen LogP contribution in [0, 0.1) is 0 Å². The molecule has 0 aromatic rings. The van der Waals surface area contributed by atoms with E-state index in [0.29, 0.717) is 6.42 Å². The molecule has 0 bridgehead atoms. The Balaban J connectivity index is 2.50. The van der Waals surface area contributed by atoms with Gasteiger partial charge in [-0.1, -0.05) is 127 Å². The number of nitrogens with one attached hydrogen (secondary N) is 1. The second-order valence-corrected chi connectivity index (χ2v) is 12.6. The van der Waals surface area contributed by atoms with Crippen molar-refractivity contribution in [2.45, 2.75) is 179 Å². The van der Waals surface area contributed by atoms with Crippen LogP contribution < -0.4 is 5.32 Å². The number of hydrogen-bond donors (Lipinski definition) is 6. The van der Waals surface area contributed by atoms with Crippen molar-refractivity contribution in [3.63, 3.8) is 0 Å². The molecule has 0 aromatic heterocycles. The summed E-state index contributed by atoms with van der Waals surface area (Å²) >= 11 is 0. The molecule has 1 amide bonds. The third-order valence-electron chi connectivity index (χ3n) is 8.46. The van der Waals surface area contributed by atoms with Gasteiger partial charge in [-0.3, -0.25) is 4.79 Å². The molecule has 7 unspecified atom stereocenters. The molecule has 0 aliphatic carbocycles. The molecule has 0 radical (unpaired) electrons. The van der Waals surface area contributed by atoms with E-state index in [4.69, 9.17) is 9.47 Å². The van der Waals surface area contributed by atoms with E-state index in [0.717, 1.165) is 51.4 Å². The van der Waals surface area contributed by atoms with Crippen LogP contribution in [0.3, 0.4) is 0 Å². The molecular formula is C37H67NO8. The van der Waals surface area contributed by atoms with E-state index in [1.165, 1.54) is 64.2 Å². The average Bonchev–Trinajstić information content (AvgIpc) is 3.05. The first-order chi connectivity index (χ1) is 22.3. The molecule has 6 N–H and O–H groups in total. The maximum absolute atomic E-state index is 12.8. The summed E-state index contributed by atoms with van der Waals surface area (Å²) in [6.07, 6.45) is 24.8. The maximum atomic E-state index is 12.8. The van der Waals surface area contributed by atoms with E-state index in [9.17, 15) is 30.3 Å². The molecule has 268 valence electrons. The lowest BCUT2D eigenvalue weighted by Crippen LogP contribution is -2.60. The summed E-state index contributed by atoms with van der Waals surface area (Å²) in [5.74, 6) is -0.196. The molecule has 9 heteroatoms. The Bertz CT molecular complexity index is 817. The molecule has 1 aliphatic rings. The van der Waals surface area contributed by atoms with Gasteiger partial charge in [0, 0.05) is 6.42 Å². The molecule has 1 saturated heterocycles. The quantitative estimate of drug-likeness (QED) is 0.0461. The van der Waals surface area contributed by atoms with Crippen LogP contribution in [-0.2, 0) is 14.3 Å². The van der Waals surface area contributed by atoms with Gasteiger partial charge in [-0.25, -0.2) is 0 Å². The minimum absolute atomic E-state index is 0.196. The first kappa shape index (κ1) is 42.4. The minimum Gasteiger partial charge on any atom is -0.394 e. The smallest absolute Gasteiger partial charge is 0.220 e. The predicted octanol–water partition coefficient (Wildman–Crippen LogP) is 5.77. The third-order valence-corrected chi connectivity index (χ3v) is 8.46. The highest BCUT2D eigenvalue weighted by molar-refractivity contribution is 5.76. The SMILES string of the molecule is CC/C=C/CC/C=C/CC/C=C/C(O)C(COC1OC(CO)C(O)C(O)C1O)NC(=O)CCCCCCCCCCCCCCC. The molecule has 7 atom stereocenters. The number of amides is 1. The Kier molecular flexibility index (Phi) is 26.2. The van der Waals surface area contributed by atoms with Crippen LogP contribution in [0.1, 0.15) is 136 Å². The normalized spacial score (nSPS) is 23.5. The van der Waals surface area contributed by atoms with Crippen molar-refractivity contribution in [2.24, 2.45) is 0 Å². The molecule has 0 saturated carbocycles. The van der Waals surface area contributed by atoms with Crippen molar-refractivity contribution in [2.75, 3.05) is 13.2 Å². The Morgan fingerprint density at radius 3 is 1.80 bits per heavy atom. The highest BCUT2D eigenvalue weighted by Gasteiger charge is 2.44. The molecule has 1 fully saturated rings. The summed E-state index contributed by atoms with van der Waals surface area (Å²) in [7, 11) is 0. The van der Waals surface area contributed by atoms with Gasteiger partial charge in [0.1, 0.15) is 24.4 Å². The number of aliphatic hydroxyl groups is 5. The van der Waals surface area contributed by atoms with Gasteiger partial charge >= 0.3 is 0 Å². The van der Waals surface area contributed by atoms with E-state index in [2.05, 4.69) is 43.5 Å². The molecule has 1 rings (SSSR count). The van der Waals surface area contributed by atoms with Crippen molar-refractivity contribution in [3.05, 3.63) is 36.5 Å². The lowest BCUT2D eigenvalue weighted by molar-refractivity contribution is -0.302. The van der Waals surface area contributed by atoms with Gasteiger partial charge in [-0.05, 0) is 38.5 Å². The Hall–Kier alpha value is -1.59. The van der Waals surface area contributed by atoms with E-state index in [1.54, 1.807) is 6.08 Å². The number of unbranched alkanes of at least 4 members (excludes halogenated alkanes) is 14. The van der Waals surface area contributed by atoms with Gasteiger partial charge in [0.05, 0.1) is 25.4 Å². The fourth-order valence-corrected chi connectivity index (χ4v) is 5.49. The topological polar surface area (TPSA) is 149 Å². The van der Waals surface area contributed by atoms with Gasteiger partial charge in [0.2, 0.25) is 5.91 Å². The van der Waals surface area contributed by atoms with Crippen LogP contribution in [0.2, 0.25) is 0 Å². The Morgan fingerprint density at radius 1 is 0.739 bits per heavy atom. The molecule has 1 heterocycles. The summed E-state index contributed by atoms with van der Waals surface area (Å²) in [5, 5.41) is 53.7. The van der Waals surface area contributed by atoms with Crippen molar-refractivity contribution in [1.29, 1.82) is 0 Å². The third kappa shape index (κ3) is 19.9. The monoisotopic (exact) mass is 653 g/mol. The second-order valence-electron chi connectivity index (χ2n) is 12.6. The Morgan fingerprint density at radius 2 is 1.26 bits per heavy atom. The lowest BCUT2D eigenvalue weighted by Gasteiger charge is -2.40. The first-order valence-corrected chi connectivity index (χ1v) is 18.2. The van der Waals surface area contributed by atoms with Crippen molar-refractivity contribution < 1.29 is 39.8 Å². The van der Waals surface area contributed by atoms with E-state index < -0.39 is 49.5 Å². The summed E-state index contributed by atoms with van der Waals surface area (Å²) in [6, 6.07) is -0.820. The minimum atomic E-state index is -1.57. The fourth-order valence-electron chi connectivity index (χ4n) is 5.49. The molecule has 1 aliphatic heterocycles. The average molecular weight is 654 g/mol. The second kappa shape index (κ2) is 28.4. The maximum Gasteiger partial charge on any atom is 0.220 e. The number of ether oxygens (including phenoxy) is 2. The van der Waals surface area contributed by atoms with Crippen LogP contribution in [0.15, 0.2) is 36.5 Å². The van der Waals surface area contributed by atoms with Crippen molar-refractivity contribution in [3.8, 4) is 0 Å². The molecule has 0 aromatic carbocycles. The number of carbonyl (C=O) groups excluding carboxylic acids is 1. The molecule has 0 spiro atoms. The van der Waals surface area contributed by atoms with Crippen LogP contribution in [-0.4, -0.2) is 87.5 Å². The standard InChI is InChI=1S/C37H67NO8/c1-3-5-7-9-11-13-15-16-17-19-21-23-25-27-33(41)38-30(29-45-37-36(44)35(43)34(42)32(28-39)46-37)31(40)26-24-22-20-18-14-12-10-8-6-4-2/h6,8,14,18,24,26,30-32,34-37,39-40,42-44H,3-5,7,9-13,15-17,19-23,25,27-29H2,1-2H3,(H,38,41)/b8-6+,18-14+,26-24+. The number of aliphatic hydroxyl groups excluding tert-OH is 5. The van der Waals surface area contributed by atoms with E-state index >= 15 is 0 Å². The Labute approximate surface area is 279 Å². The van der Waals surface area contributed by atoms with Gasteiger partial charge in [-0.15, -0.1) is 0 Å². The summed E-state index contributed by atoms with van der Waals surface area (Å²) in [5.41, 5.74) is 0. The summed E-state index contributed by atoms with van der Waals surface area (Å²) in [6.45, 7) is 3.59. The zero-order valence-electron chi connectivity index (χ0n) is 28.8. The van der Waals surface area contributed by atoms with Gasteiger partial charge in [-0.2, -0.15) is 0 Å². The predicted molar refractivity (Wildman–Crippen MR) is 184 cm³/mol. The lowest BCUT2D eigenvalue weighted by atomic mass is 9.99. The number of allylic oxidation sites excluding steroid dienone is 5. The number of carbonyl (C=O) groups is 1. The van der Waals surface area contributed by atoms with Crippen molar-refractivity contribution >= 4 is 5.91 Å². The number of hydrogen-bond acceptors (Lipinski definition) is 8. The fraction of sp³-hybridized carbons (Fsp3) is 0.811. The summed E-state index contributed by atoms with van der Waals surface area (Å²) < 4.78 is 11.1. The van der Waals surface area contributed by atoms with E-state index in [1.807, 2.05) is 6.08 Å².